The van der Waals surface area contributed by atoms with Crippen molar-refractivity contribution in [1.29, 1.82) is 0 Å². The largest absolute Gasteiger partial charge is 0.467 e. The number of hydrogen-bond donors (Lipinski definition) is 1. The zero-order chi connectivity index (χ0) is 18.6. The number of aromatic nitrogens is 3. The quantitative estimate of drug-likeness (QED) is 0.887. The Morgan fingerprint density at radius 3 is 2.68 bits per heavy atom. The van der Waals surface area contributed by atoms with Gasteiger partial charge in [-0.25, -0.2) is 4.98 Å². The highest BCUT2D eigenvalue weighted by atomic mass is 19.4. The fourth-order valence-electron chi connectivity index (χ4n) is 1.92. The summed E-state index contributed by atoms with van der Waals surface area (Å²) in [6.45, 7) is 0.160. The Kier molecular flexibility index (Phi) is 5.40. The van der Waals surface area contributed by atoms with Gasteiger partial charge in [0.05, 0.1) is 11.4 Å². The Morgan fingerprint density at radius 2 is 2.04 bits per heavy atom. The van der Waals surface area contributed by atoms with E-state index in [1.165, 1.54) is 18.3 Å². The molecule has 0 aliphatic heterocycles. The van der Waals surface area contributed by atoms with E-state index in [1.54, 1.807) is 32.0 Å². The van der Waals surface area contributed by atoms with Crippen LogP contribution in [0.4, 0.5) is 24.7 Å². The predicted molar refractivity (Wildman–Crippen MR) is 84.8 cm³/mol. The molecule has 134 valence electrons. The molecular weight excluding hydrogens is 339 g/mol. The molecular formula is C15H16F3N5O2. The van der Waals surface area contributed by atoms with Crippen molar-refractivity contribution in [2.24, 2.45) is 0 Å². The van der Waals surface area contributed by atoms with Gasteiger partial charge in [0.1, 0.15) is 5.56 Å². The average Bonchev–Trinajstić information content (AvgIpc) is 2.52. The van der Waals surface area contributed by atoms with Gasteiger partial charge < -0.3 is 15.0 Å². The minimum Gasteiger partial charge on any atom is -0.467 e. The van der Waals surface area contributed by atoms with Crippen LogP contribution in [0, 0.1) is 6.92 Å². The molecule has 0 aliphatic rings. The van der Waals surface area contributed by atoms with Crippen LogP contribution in [-0.2, 0) is 0 Å². The van der Waals surface area contributed by atoms with Crippen molar-refractivity contribution in [1.82, 2.24) is 15.2 Å². The molecule has 2 heterocycles. The van der Waals surface area contributed by atoms with E-state index in [1.807, 2.05) is 0 Å². The third-order valence-electron chi connectivity index (χ3n) is 2.96. The Labute approximate surface area is 141 Å². The molecule has 0 saturated carbocycles. The second-order valence-electron chi connectivity index (χ2n) is 5.33. The molecule has 0 spiro atoms. The first-order valence-electron chi connectivity index (χ1n) is 7.15. The molecule has 0 aliphatic carbocycles. The number of rotatable bonds is 5. The van der Waals surface area contributed by atoms with Crippen molar-refractivity contribution in [3.63, 3.8) is 0 Å². The van der Waals surface area contributed by atoms with Crippen LogP contribution in [0.15, 0.2) is 24.4 Å². The molecule has 2 aromatic heterocycles. The normalized spacial score (nSPS) is 11.1. The van der Waals surface area contributed by atoms with Crippen LogP contribution in [0.1, 0.15) is 16.1 Å². The number of aryl methyl sites for hydroxylation is 1. The Morgan fingerprint density at radius 1 is 1.32 bits per heavy atom. The van der Waals surface area contributed by atoms with Crippen molar-refractivity contribution in [2.75, 3.05) is 30.9 Å². The monoisotopic (exact) mass is 355 g/mol. The van der Waals surface area contributed by atoms with Crippen LogP contribution < -0.4 is 15.0 Å². The molecule has 1 amide bonds. The lowest BCUT2D eigenvalue weighted by Gasteiger charge is -2.17. The summed E-state index contributed by atoms with van der Waals surface area (Å²) < 4.78 is 41.6. The number of nitrogens with one attached hydrogen (secondary N) is 1. The SMILES string of the molecule is Cc1cc(NC(=O)c2cccnc2OCC(F)(F)F)c(N(C)C)nn1. The lowest BCUT2D eigenvalue weighted by Crippen LogP contribution is -2.22. The van der Waals surface area contributed by atoms with E-state index in [-0.39, 0.29) is 5.56 Å². The summed E-state index contributed by atoms with van der Waals surface area (Å²) in [6.07, 6.45) is -3.29. The Hall–Kier alpha value is -2.91. The lowest BCUT2D eigenvalue weighted by atomic mass is 10.2. The lowest BCUT2D eigenvalue weighted by molar-refractivity contribution is -0.154. The minimum atomic E-state index is -4.53. The van der Waals surface area contributed by atoms with E-state index in [4.69, 9.17) is 0 Å². The second kappa shape index (κ2) is 7.32. The summed E-state index contributed by atoms with van der Waals surface area (Å²) >= 11 is 0. The molecule has 2 rings (SSSR count). The van der Waals surface area contributed by atoms with Gasteiger partial charge in [-0.3, -0.25) is 4.79 Å². The van der Waals surface area contributed by atoms with E-state index in [0.717, 1.165) is 0 Å². The second-order valence-corrected chi connectivity index (χ2v) is 5.33. The van der Waals surface area contributed by atoms with E-state index in [2.05, 4.69) is 25.2 Å². The van der Waals surface area contributed by atoms with Crippen molar-refractivity contribution in [2.45, 2.75) is 13.1 Å². The maximum absolute atomic E-state index is 12.5. The summed E-state index contributed by atoms with van der Waals surface area (Å²) in [5.74, 6) is -0.663. The van der Waals surface area contributed by atoms with E-state index in [9.17, 15) is 18.0 Å². The van der Waals surface area contributed by atoms with Gasteiger partial charge in [-0.05, 0) is 25.1 Å². The van der Waals surface area contributed by atoms with Gasteiger partial charge in [-0.2, -0.15) is 18.3 Å². The molecule has 0 radical (unpaired) electrons. The Bertz CT molecular complexity index is 765. The fourth-order valence-corrected chi connectivity index (χ4v) is 1.92. The van der Waals surface area contributed by atoms with Gasteiger partial charge in [0.2, 0.25) is 5.88 Å². The third-order valence-corrected chi connectivity index (χ3v) is 2.96. The molecule has 0 unspecified atom stereocenters. The molecule has 0 fully saturated rings. The van der Waals surface area contributed by atoms with Crippen molar-refractivity contribution < 1.29 is 22.7 Å². The summed E-state index contributed by atoms with van der Waals surface area (Å²) in [6, 6.07) is 4.36. The van der Waals surface area contributed by atoms with Crippen molar-refractivity contribution in [3.8, 4) is 5.88 Å². The molecule has 7 nitrogen and oxygen atoms in total. The minimum absolute atomic E-state index is 0.120. The van der Waals surface area contributed by atoms with Gasteiger partial charge >= 0.3 is 6.18 Å². The van der Waals surface area contributed by atoms with E-state index < -0.39 is 24.6 Å². The number of carbonyl (C=O) groups excluding carboxylic acids is 1. The topological polar surface area (TPSA) is 80.2 Å². The summed E-state index contributed by atoms with van der Waals surface area (Å²) in [5, 5.41) is 10.5. The average molecular weight is 355 g/mol. The van der Waals surface area contributed by atoms with Gasteiger partial charge in [0, 0.05) is 20.3 Å². The maximum Gasteiger partial charge on any atom is 0.422 e. The van der Waals surface area contributed by atoms with E-state index in [0.29, 0.717) is 17.2 Å². The molecule has 0 aromatic carbocycles. The molecule has 2 aromatic rings. The van der Waals surface area contributed by atoms with Crippen LogP contribution in [0.2, 0.25) is 0 Å². The van der Waals surface area contributed by atoms with Crippen LogP contribution in [0.5, 0.6) is 5.88 Å². The zero-order valence-electron chi connectivity index (χ0n) is 13.8. The summed E-state index contributed by atoms with van der Waals surface area (Å²) in [7, 11) is 3.44. The highest BCUT2D eigenvalue weighted by molar-refractivity contribution is 6.07. The molecule has 25 heavy (non-hydrogen) atoms. The highest BCUT2D eigenvalue weighted by Crippen LogP contribution is 2.24. The van der Waals surface area contributed by atoms with Crippen LogP contribution in [0.3, 0.4) is 0 Å². The number of ether oxygens (including phenoxy) is 1. The maximum atomic E-state index is 12.5. The highest BCUT2D eigenvalue weighted by Gasteiger charge is 2.29. The fraction of sp³-hybridized carbons (Fsp3) is 0.333. The molecule has 1 N–H and O–H groups in total. The number of pyridine rings is 1. The van der Waals surface area contributed by atoms with Gasteiger partial charge in [0.15, 0.2) is 12.4 Å². The van der Waals surface area contributed by atoms with E-state index >= 15 is 0 Å². The molecule has 0 atom stereocenters. The number of halogens is 3. The first-order chi connectivity index (χ1) is 11.7. The number of amides is 1. The van der Waals surface area contributed by atoms with Gasteiger partial charge in [0.25, 0.3) is 5.91 Å². The molecule has 0 bridgehead atoms. The smallest absolute Gasteiger partial charge is 0.422 e. The van der Waals surface area contributed by atoms with Crippen LogP contribution in [0.25, 0.3) is 0 Å². The zero-order valence-corrected chi connectivity index (χ0v) is 13.8. The third kappa shape index (κ3) is 5.03. The van der Waals surface area contributed by atoms with Crippen molar-refractivity contribution >= 4 is 17.4 Å². The van der Waals surface area contributed by atoms with Gasteiger partial charge in [-0.15, -0.1) is 5.10 Å². The predicted octanol–water partition coefficient (Wildman–Crippen LogP) is 2.44. The van der Waals surface area contributed by atoms with Gasteiger partial charge in [-0.1, -0.05) is 0 Å². The number of anilines is 2. The Balaban J connectivity index is 2.26. The van der Waals surface area contributed by atoms with Crippen molar-refractivity contribution in [3.05, 3.63) is 35.7 Å². The first-order valence-corrected chi connectivity index (χ1v) is 7.15. The first kappa shape index (κ1) is 18.4. The number of hydrogen-bond acceptors (Lipinski definition) is 6. The number of alkyl halides is 3. The summed E-state index contributed by atoms with van der Waals surface area (Å²) in [4.78, 5) is 17.8. The summed E-state index contributed by atoms with van der Waals surface area (Å²) in [5.41, 5.74) is 0.819. The molecule has 10 heteroatoms. The van der Waals surface area contributed by atoms with Crippen LogP contribution in [-0.4, -0.2) is 48.0 Å². The number of nitrogens with zero attached hydrogens (tertiary/aromatic N) is 4. The standard InChI is InChI=1S/C15H16F3N5O2/c1-9-7-11(12(22-21-9)23(2)3)20-13(24)10-5-4-6-19-14(10)25-8-15(16,17)18/h4-7H,8H2,1-3H3,(H,20,21,24). The van der Waals surface area contributed by atoms with Crippen LogP contribution >= 0.6 is 0 Å². The number of carbonyl (C=O) groups is 1. The molecule has 0 saturated heterocycles.